The normalized spacial score (nSPS) is 17.6. The van der Waals surface area contributed by atoms with Crippen molar-refractivity contribution in [3.63, 3.8) is 0 Å². The molecule has 2 aliphatic rings. The minimum Gasteiger partial charge on any atom is -0.490 e. The molecular formula is C27H26F3N5O6. The van der Waals surface area contributed by atoms with Gasteiger partial charge < -0.3 is 24.4 Å². The monoisotopic (exact) mass is 573 g/mol. The summed E-state index contributed by atoms with van der Waals surface area (Å²) in [5.74, 6) is -2.95. The molecule has 3 amide bonds. The standard InChI is InChI=1S/C27H26F3N5O6/c1-33-22-11-20(39-7-8-40-26(38)34-15-27(29,30)16-34)5-6-23(22)41-14-21(24(33)36)32-25(37)35-13-18(12-31-35)9-17-3-2-4-19(28)10-17/h2-6,10-13,21H,7-9,14-16H2,1H3,(H,32,37)/t21-/m0/s1. The van der Waals surface area contributed by atoms with Crippen LogP contribution in [0.2, 0.25) is 0 Å². The highest BCUT2D eigenvalue weighted by Gasteiger charge is 2.47. The van der Waals surface area contributed by atoms with Crippen molar-refractivity contribution in [1.82, 2.24) is 20.0 Å². The smallest absolute Gasteiger partial charge is 0.410 e. The minimum absolute atomic E-state index is 0.0446. The van der Waals surface area contributed by atoms with Crippen molar-refractivity contribution in [1.29, 1.82) is 0 Å². The number of likely N-dealkylation sites (tertiary alicyclic amines) is 1. The predicted molar refractivity (Wildman–Crippen MR) is 138 cm³/mol. The molecule has 216 valence electrons. The summed E-state index contributed by atoms with van der Waals surface area (Å²) in [5, 5.41) is 6.67. The third-order valence-corrected chi connectivity index (χ3v) is 6.45. The second kappa shape index (κ2) is 11.4. The lowest BCUT2D eigenvalue weighted by atomic mass is 10.1. The molecule has 1 saturated heterocycles. The highest BCUT2D eigenvalue weighted by atomic mass is 19.3. The van der Waals surface area contributed by atoms with Gasteiger partial charge in [0.1, 0.15) is 43.2 Å². The number of halogens is 3. The van der Waals surface area contributed by atoms with Gasteiger partial charge >= 0.3 is 12.1 Å². The van der Waals surface area contributed by atoms with E-state index < -0.39 is 43.1 Å². The summed E-state index contributed by atoms with van der Waals surface area (Å²) >= 11 is 0. The predicted octanol–water partition coefficient (Wildman–Crippen LogP) is 3.06. The average Bonchev–Trinajstić information content (AvgIpc) is 3.35. The number of carbonyl (C=O) groups excluding carboxylic acids is 3. The number of carbonyl (C=O) groups is 3. The van der Waals surface area contributed by atoms with E-state index >= 15 is 0 Å². The van der Waals surface area contributed by atoms with Gasteiger partial charge in [0.15, 0.2) is 0 Å². The van der Waals surface area contributed by atoms with Gasteiger partial charge in [-0.25, -0.2) is 22.8 Å². The molecule has 0 bridgehead atoms. The molecule has 0 aliphatic carbocycles. The van der Waals surface area contributed by atoms with Gasteiger partial charge in [0, 0.05) is 25.7 Å². The van der Waals surface area contributed by atoms with Crippen molar-refractivity contribution in [3.8, 4) is 11.5 Å². The van der Waals surface area contributed by atoms with Crippen LogP contribution in [0.4, 0.5) is 28.4 Å². The number of likely N-dealkylation sites (N-methyl/N-ethyl adjacent to an activating group) is 1. The maximum absolute atomic E-state index is 13.5. The van der Waals surface area contributed by atoms with Crippen LogP contribution in [0.1, 0.15) is 11.1 Å². The fourth-order valence-corrected chi connectivity index (χ4v) is 4.35. The van der Waals surface area contributed by atoms with Gasteiger partial charge in [0.25, 0.3) is 11.8 Å². The van der Waals surface area contributed by atoms with Crippen LogP contribution in [-0.4, -0.2) is 84.6 Å². The number of alkyl halides is 2. The van der Waals surface area contributed by atoms with Crippen LogP contribution in [0.5, 0.6) is 11.5 Å². The number of hydrogen-bond acceptors (Lipinski definition) is 7. The fourth-order valence-electron chi connectivity index (χ4n) is 4.35. The Morgan fingerprint density at radius 2 is 1.95 bits per heavy atom. The number of ether oxygens (including phenoxy) is 3. The number of aromatic nitrogens is 2. The number of rotatable bonds is 7. The Labute approximate surface area is 232 Å². The Kier molecular flexibility index (Phi) is 7.72. The lowest BCUT2D eigenvalue weighted by Gasteiger charge is -2.37. The molecule has 3 heterocycles. The lowest BCUT2D eigenvalue weighted by Crippen LogP contribution is -2.58. The summed E-state index contributed by atoms with van der Waals surface area (Å²) in [6.45, 7) is -1.67. The van der Waals surface area contributed by atoms with E-state index in [2.05, 4.69) is 10.4 Å². The van der Waals surface area contributed by atoms with E-state index in [1.807, 2.05) is 0 Å². The molecule has 0 spiro atoms. The van der Waals surface area contributed by atoms with Crippen LogP contribution in [0.3, 0.4) is 0 Å². The second-order valence-corrected chi connectivity index (χ2v) is 9.61. The third-order valence-electron chi connectivity index (χ3n) is 6.45. The van der Waals surface area contributed by atoms with Gasteiger partial charge in [-0.3, -0.25) is 9.69 Å². The van der Waals surface area contributed by atoms with Crippen LogP contribution < -0.4 is 19.7 Å². The Bertz CT molecular complexity index is 1460. The molecule has 2 aromatic carbocycles. The van der Waals surface area contributed by atoms with Crippen LogP contribution >= 0.6 is 0 Å². The van der Waals surface area contributed by atoms with E-state index in [1.165, 1.54) is 36.5 Å². The number of anilines is 1. The molecule has 1 fully saturated rings. The van der Waals surface area contributed by atoms with E-state index in [-0.39, 0.29) is 25.6 Å². The van der Waals surface area contributed by atoms with E-state index in [1.54, 1.807) is 30.3 Å². The largest absolute Gasteiger partial charge is 0.490 e. The molecule has 5 rings (SSSR count). The molecule has 1 N–H and O–H groups in total. The molecular weight excluding hydrogens is 547 g/mol. The summed E-state index contributed by atoms with van der Waals surface area (Å²) in [6, 6.07) is 9.20. The van der Waals surface area contributed by atoms with Gasteiger partial charge in [0.2, 0.25) is 0 Å². The van der Waals surface area contributed by atoms with Gasteiger partial charge in [-0.2, -0.15) is 9.78 Å². The lowest BCUT2D eigenvalue weighted by molar-refractivity contribution is -0.120. The number of nitrogens with one attached hydrogen (secondary N) is 1. The Balaban J connectivity index is 1.14. The highest BCUT2D eigenvalue weighted by molar-refractivity contribution is 6.00. The molecule has 14 heteroatoms. The molecule has 2 aliphatic heterocycles. The first-order valence-electron chi connectivity index (χ1n) is 12.6. The molecule has 1 atom stereocenters. The fraction of sp³-hybridized carbons (Fsp3) is 0.333. The first kappa shape index (κ1) is 27.8. The quantitative estimate of drug-likeness (QED) is 0.432. The minimum atomic E-state index is -2.88. The summed E-state index contributed by atoms with van der Waals surface area (Å²) in [7, 11) is 1.52. The topological polar surface area (TPSA) is 115 Å². The van der Waals surface area contributed by atoms with Crippen LogP contribution in [-0.2, 0) is 16.0 Å². The van der Waals surface area contributed by atoms with Crippen molar-refractivity contribution >= 4 is 23.7 Å². The van der Waals surface area contributed by atoms with E-state index in [0.717, 1.165) is 15.1 Å². The molecule has 1 aromatic heterocycles. The average molecular weight is 574 g/mol. The van der Waals surface area contributed by atoms with Crippen molar-refractivity contribution in [2.24, 2.45) is 0 Å². The SMILES string of the molecule is CN1C(=O)[C@@H](NC(=O)n2cc(Cc3cccc(F)c3)cn2)COc2ccc(OCCOC(=O)N3CC(F)(F)C3)cc21. The Morgan fingerprint density at radius 3 is 2.71 bits per heavy atom. The number of amides is 3. The van der Waals surface area contributed by atoms with E-state index in [9.17, 15) is 27.6 Å². The van der Waals surface area contributed by atoms with Crippen molar-refractivity contribution in [2.45, 2.75) is 18.4 Å². The number of nitrogens with zero attached hydrogens (tertiary/aromatic N) is 4. The zero-order valence-corrected chi connectivity index (χ0v) is 21.9. The van der Waals surface area contributed by atoms with Gasteiger partial charge in [-0.05, 0) is 35.4 Å². The number of benzene rings is 2. The second-order valence-electron chi connectivity index (χ2n) is 9.61. The van der Waals surface area contributed by atoms with E-state index in [4.69, 9.17) is 14.2 Å². The van der Waals surface area contributed by atoms with Crippen LogP contribution in [0.25, 0.3) is 0 Å². The summed E-state index contributed by atoms with van der Waals surface area (Å²) in [6.07, 6.45) is 2.52. The molecule has 0 unspecified atom stereocenters. The third kappa shape index (κ3) is 6.53. The number of fused-ring (bicyclic) bond motifs is 1. The first-order chi connectivity index (χ1) is 19.6. The Morgan fingerprint density at radius 1 is 1.15 bits per heavy atom. The number of hydrogen-bond donors (Lipinski definition) is 1. The zero-order valence-electron chi connectivity index (χ0n) is 21.9. The Hall–Kier alpha value is -4.75. The summed E-state index contributed by atoms with van der Waals surface area (Å²) < 4.78 is 56.6. The van der Waals surface area contributed by atoms with Gasteiger partial charge in [0.05, 0.1) is 25.0 Å². The van der Waals surface area contributed by atoms with Gasteiger partial charge in [-0.15, -0.1) is 0 Å². The molecule has 0 radical (unpaired) electrons. The molecule has 3 aromatic rings. The van der Waals surface area contributed by atoms with E-state index in [0.29, 0.717) is 29.2 Å². The summed E-state index contributed by atoms with van der Waals surface area (Å²) in [4.78, 5) is 39.9. The van der Waals surface area contributed by atoms with Crippen LogP contribution in [0, 0.1) is 5.82 Å². The first-order valence-corrected chi connectivity index (χ1v) is 12.6. The van der Waals surface area contributed by atoms with Crippen molar-refractivity contribution in [3.05, 3.63) is 71.8 Å². The van der Waals surface area contributed by atoms with Crippen LogP contribution in [0.15, 0.2) is 54.9 Å². The zero-order chi connectivity index (χ0) is 29.1. The molecule has 0 saturated carbocycles. The highest BCUT2D eigenvalue weighted by Crippen LogP contribution is 2.34. The van der Waals surface area contributed by atoms with Gasteiger partial charge in [-0.1, -0.05) is 12.1 Å². The molecule has 41 heavy (non-hydrogen) atoms. The maximum Gasteiger partial charge on any atom is 0.410 e. The summed E-state index contributed by atoms with van der Waals surface area (Å²) in [5.41, 5.74) is 1.80. The maximum atomic E-state index is 13.5. The van der Waals surface area contributed by atoms with Crippen molar-refractivity contribution in [2.75, 3.05) is 44.9 Å². The van der Waals surface area contributed by atoms with Crippen molar-refractivity contribution < 1.29 is 41.8 Å². The molecule has 11 nitrogen and oxygen atoms in total.